The first-order valence-corrected chi connectivity index (χ1v) is 11.1. The molecule has 2 aromatic carbocycles. The lowest BCUT2D eigenvalue weighted by molar-refractivity contribution is 0.331. The molecule has 0 radical (unpaired) electrons. The summed E-state index contributed by atoms with van der Waals surface area (Å²) in [6, 6.07) is 13.9. The van der Waals surface area contributed by atoms with Crippen molar-refractivity contribution in [3.8, 4) is 17.0 Å². The van der Waals surface area contributed by atoms with E-state index in [1.807, 2.05) is 25.3 Å². The first-order valence-electron chi connectivity index (χ1n) is 8.62. The van der Waals surface area contributed by atoms with Gasteiger partial charge in [0.2, 0.25) is 0 Å². The van der Waals surface area contributed by atoms with Crippen molar-refractivity contribution < 1.29 is 13.2 Å². The summed E-state index contributed by atoms with van der Waals surface area (Å²) in [4.78, 5) is 4.74. The summed E-state index contributed by atoms with van der Waals surface area (Å²) in [7, 11) is -3.77. The minimum Gasteiger partial charge on any atom is -0.492 e. The van der Waals surface area contributed by atoms with E-state index in [0.29, 0.717) is 18.0 Å². The van der Waals surface area contributed by atoms with Crippen molar-refractivity contribution in [2.75, 3.05) is 17.1 Å². The average Bonchev–Trinajstić information content (AvgIpc) is 3.24. The molecule has 1 aromatic heterocycles. The maximum absolute atomic E-state index is 12.8. The first-order chi connectivity index (χ1) is 13.1. The van der Waals surface area contributed by atoms with Crippen LogP contribution < -0.4 is 9.46 Å². The van der Waals surface area contributed by atoms with E-state index in [9.17, 15) is 8.42 Å². The van der Waals surface area contributed by atoms with E-state index in [4.69, 9.17) is 4.74 Å². The van der Waals surface area contributed by atoms with Gasteiger partial charge in [-0.2, -0.15) is 0 Å². The van der Waals surface area contributed by atoms with Gasteiger partial charge in [0.1, 0.15) is 10.6 Å². The molecule has 0 atom stereocenters. The number of imidazole rings is 1. The SMILES string of the molecule is CCOc1ccccc1S(=O)(=O)Nc1cccc(-c2cn3c(n2)SCC3)c1. The highest BCUT2D eigenvalue weighted by molar-refractivity contribution is 7.99. The molecule has 0 aliphatic carbocycles. The molecule has 0 saturated heterocycles. The predicted octanol–water partition coefficient (Wildman–Crippen LogP) is 3.86. The molecule has 1 N–H and O–H groups in total. The standard InChI is InChI=1S/C19H19N3O3S2/c1-2-25-17-8-3-4-9-18(17)27(23,24)21-15-7-5-6-14(12-15)16-13-22-10-11-26-19(22)20-16/h3-9,12-13,21H,2,10-11H2,1H3. The third kappa shape index (κ3) is 3.68. The lowest BCUT2D eigenvalue weighted by Gasteiger charge is -2.13. The van der Waals surface area contributed by atoms with Crippen molar-refractivity contribution in [2.45, 2.75) is 23.5 Å². The second-order valence-corrected chi connectivity index (χ2v) is 8.73. The molecule has 8 heteroatoms. The van der Waals surface area contributed by atoms with Crippen LogP contribution in [0, 0.1) is 0 Å². The van der Waals surface area contributed by atoms with Gasteiger partial charge in [0.05, 0.1) is 12.3 Å². The molecule has 6 nitrogen and oxygen atoms in total. The number of para-hydroxylation sites is 1. The van der Waals surface area contributed by atoms with Crippen molar-refractivity contribution in [3.63, 3.8) is 0 Å². The Labute approximate surface area is 162 Å². The number of aryl methyl sites for hydroxylation is 1. The Kier molecular flexibility index (Phi) is 4.84. The molecular weight excluding hydrogens is 382 g/mol. The Balaban J connectivity index is 1.63. The van der Waals surface area contributed by atoms with E-state index in [1.165, 1.54) is 6.07 Å². The largest absolute Gasteiger partial charge is 0.492 e. The van der Waals surface area contributed by atoms with Gasteiger partial charge >= 0.3 is 0 Å². The highest BCUT2D eigenvalue weighted by atomic mass is 32.2. The van der Waals surface area contributed by atoms with Crippen LogP contribution in [0.25, 0.3) is 11.3 Å². The lowest BCUT2D eigenvalue weighted by atomic mass is 10.1. The number of fused-ring (bicyclic) bond motifs is 1. The number of sulfonamides is 1. The molecule has 3 aromatic rings. The number of aromatic nitrogens is 2. The molecular formula is C19H19N3O3S2. The smallest absolute Gasteiger partial charge is 0.265 e. The van der Waals surface area contributed by atoms with Crippen molar-refractivity contribution in [2.24, 2.45) is 0 Å². The fraction of sp³-hybridized carbons (Fsp3) is 0.211. The van der Waals surface area contributed by atoms with Crippen molar-refractivity contribution in [3.05, 3.63) is 54.7 Å². The third-order valence-electron chi connectivity index (χ3n) is 4.15. The second-order valence-electron chi connectivity index (χ2n) is 6.02. The van der Waals surface area contributed by atoms with Crippen LogP contribution >= 0.6 is 11.8 Å². The number of hydrogen-bond acceptors (Lipinski definition) is 5. The summed E-state index contributed by atoms with van der Waals surface area (Å²) < 4.78 is 35.9. The van der Waals surface area contributed by atoms with Crippen LogP contribution in [0.5, 0.6) is 5.75 Å². The Morgan fingerprint density at radius 3 is 2.89 bits per heavy atom. The molecule has 0 amide bonds. The number of thioether (sulfide) groups is 1. The first kappa shape index (κ1) is 17.9. The number of hydrogen-bond donors (Lipinski definition) is 1. The fourth-order valence-electron chi connectivity index (χ4n) is 2.95. The molecule has 1 aliphatic heterocycles. The minimum absolute atomic E-state index is 0.120. The molecule has 0 unspecified atom stereocenters. The number of rotatable bonds is 6. The number of nitrogens with one attached hydrogen (secondary N) is 1. The zero-order chi connectivity index (χ0) is 18.9. The van der Waals surface area contributed by atoms with E-state index in [2.05, 4.69) is 14.3 Å². The van der Waals surface area contributed by atoms with Crippen molar-refractivity contribution in [1.29, 1.82) is 0 Å². The minimum atomic E-state index is -3.77. The van der Waals surface area contributed by atoms with Gasteiger partial charge in [0.25, 0.3) is 10.0 Å². The van der Waals surface area contributed by atoms with Crippen LogP contribution in [0.4, 0.5) is 5.69 Å². The molecule has 0 bridgehead atoms. The molecule has 140 valence electrons. The number of benzene rings is 2. The summed E-state index contributed by atoms with van der Waals surface area (Å²) >= 11 is 1.73. The average molecular weight is 402 g/mol. The topological polar surface area (TPSA) is 73.2 Å². The van der Waals surface area contributed by atoms with Gasteiger partial charge in [0, 0.05) is 29.7 Å². The summed E-state index contributed by atoms with van der Waals surface area (Å²) in [6.45, 7) is 3.17. The zero-order valence-electron chi connectivity index (χ0n) is 14.8. The Morgan fingerprint density at radius 1 is 1.22 bits per heavy atom. The van der Waals surface area contributed by atoms with Gasteiger partial charge in [-0.3, -0.25) is 4.72 Å². The van der Waals surface area contributed by atoms with Gasteiger partial charge in [-0.25, -0.2) is 13.4 Å². The van der Waals surface area contributed by atoms with Crippen LogP contribution in [0.2, 0.25) is 0 Å². The van der Waals surface area contributed by atoms with Gasteiger partial charge in [0.15, 0.2) is 5.16 Å². The van der Waals surface area contributed by atoms with Crippen LogP contribution in [-0.2, 0) is 16.6 Å². The van der Waals surface area contributed by atoms with Gasteiger partial charge in [-0.05, 0) is 31.2 Å². The molecule has 1 aliphatic rings. The Morgan fingerprint density at radius 2 is 2.07 bits per heavy atom. The van der Waals surface area contributed by atoms with Crippen LogP contribution in [0.15, 0.2) is 64.8 Å². The second kappa shape index (κ2) is 7.28. The quantitative estimate of drug-likeness (QED) is 0.679. The predicted molar refractivity (Wildman–Crippen MR) is 107 cm³/mol. The Bertz CT molecular complexity index is 1060. The number of ether oxygens (including phenoxy) is 1. The van der Waals surface area contributed by atoms with E-state index in [1.54, 1.807) is 42.1 Å². The monoisotopic (exact) mass is 401 g/mol. The third-order valence-corrected chi connectivity index (χ3v) is 6.54. The molecule has 4 rings (SSSR count). The maximum Gasteiger partial charge on any atom is 0.265 e. The number of nitrogens with zero attached hydrogens (tertiary/aromatic N) is 2. The zero-order valence-corrected chi connectivity index (χ0v) is 16.4. The van der Waals surface area contributed by atoms with Gasteiger partial charge in [-0.1, -0.05) is 36.0 Å². The summed E-state index contributed by atoms with van der Waals surface area (Å²) in [5.74, 6) is 1.38. The van der Waals surface area contributed by atoms with Crippen molar-refractivity contribution >= 4 is 27.5 Å². The van der Waals surface area contributed by atoms with Gasteiger partial charge in [-0.15, -0.1) is 0 Å². The van der Waals surface area contributed by atoms with Crippen LogP contribution in [0.1, 0.15) is 6.92 Å². The highest BCUT2D eigenvalue weighted by Crippen LogP contribution is 2.31. The van der Waals surface area contributed by atoms with Crippen LogP contribution in [-0.4, -0.2) is 30.3 Å². The summed E-state index contributed by atoms with van der Waals surface area (Å²) in [5, 5.41) is 1.00. The summed E-state index contributed by atoms with van der Waals surface area (Å²) in [5.41, 5.74) is 2.20. The number of anilines is 1. The fourth-order valence-corrected chi connectivity index (χ4v) is 5.09. The van der Waals surface area contributed by atoms with Crippen molar-refractivity contribution in [1.82, 2.24) is 9.55 Å². The summed E-state index contributed by atoms with van der Waals surface area (Å²) in [6.07, 6.45) is 2.01. The lowest BCUT2D eigenvalue weighted by Crippen LogP contribution is -2.14. The highest BCUT2D eigenvalue weighted by Gasteiger charge is 2.20. The van der Waals surface area contributed by atoms with E-state index >= 15 is 0 Å². The van der Waals surface area contributed by atoms with E-state index < -0.39 is 10.0 Å². The van der Waals surface area contributed by atoms with Gasteiger partial charge < -0.3 is 9.30 Å². The molecule has 0 spiro atoms. The molecule has 0 fully saturated rings. The molecule has 27 heavy (non-hydrogen) atoms. The Hall–Kier alpha value is -2.45. The molecule has 0 saturated carbocycles. The normalized spacial score (nSPS) is 13.4. The maximum atomic E-state index is 12.8. The molecule has 2 heterocycles. The van der Waals surface area contributed by atoms with Crippen LogP contribution in [0.3, 0.4) is 0 Å². The van der Waals surface area contributed by atoms with E-state index in [-0.39, 0.29) is 4.90 Å². The van der Waals surface area contributed by atoms with E-state index in [0.717, 1.165) is 28.7 Å².